The molecule has 2 bridgehead atoms. The molecule has 0 aromatic heterocycles. The van der Waals surface area contributed by atoms with E-state index in [2.05, 4.69) is 6.92 Å². The van der Waals surface area contributed by atoms with Gasteiger partial charge in [0.25, 0.3) is 0 Å². The second-order valence-electron chi connectivity index (χ2n) is 10.3. The molecule has 0 heterocycles. The van der Waals surface area contributed by atoms with E-state index in [0.717, 1.165) is 43.2 Å². The molecule has 1 aromatic rings. The first kappa shape index (κ1) is 25.1. The highest BCUT2D eigenvalue weighted by molar-refractivity contribution is 5.73. The Hall–Kier alpha value is -1.51. The molecule has 3 rings (SSSR count). The van der Waals surface area contributed by atoms with E-state index in [1.165, 1.54) is 83.5 Å². The fraction of sp³-hybridized carbons (Fsp3) is 0.759. The molecular formula is C29H46O3. The zero-order valence-electron chi connectivity index (χ0n) is 20.5. The van der Waals surface area contributed by atoms with Gasteiger partial charge in [0.15, 0.2) is 0 Å². The predicted molar refractivity (Wildman–Crippen MR) is 133 cm³/mol. The van der Waals surface area contributed by atoms with Crippen LogP contribution in [0.15, 0.2) is 12.1 Å². The third-order valence-electron chi connectivity index (χ3n) is 7.68. The van der Waals surface area contributed by atoms with Crippen LogP contribution in [0.3, 0.4) is 0 Å². The summed E-state index contributed by atoms with van der Waals surface area (Å²) < 4.78 is 5.73. The van der Waals surface area contributed by atoms with Crippen molar-refractivity contribution in [2.24, 2.45) is 0 Å². The first-order valence-corrected chi connectivity index (χ1v) is 13.8. The zero-order chi connectivity index (χ0) is 22.6. The number of carbonyl (C=O) groups excluding carboxylic acids is 1. The van der Waals surface area contributed by atoms with E-state index in [1.807, 2.05) is 0 Å². The molecule has 0 spiro atoms. The Morgan fingerprint density at radius 1 is 0.781 bits per heavy atom. The Bertz CT molecular complexity index is 696. The molecule has 1 saturated carbocycles. The number of hydrogen-bond donors (Lipinski definition) is 1. The lowest BCUT2D eigenvalue weighted by Crippen LogP contribution is -2.11. The number of ether oxygens (including phenoxy) is 1. The minimum Gasteiger partial charge on any atom is -0.508 e. The summed E-state index contributed by atoms with van der Waals surface area (Å²) in [7, 11) is 0. The monoisotopic (exact) mass is 442 g/mol. The molecule has 180 valence electrons. The number of fused-ring (bicyclic) bond motifs is 5. The molecule has 0 amide bonds. The number of phenolic OH excluding ortho intramolecular Hbond substituents is 1. The molecule has 0 radical (unpaired) electrons. The second kappa shape index (κ2) is 13.9. The molecule has 1 fully saturated rings. The van der Waals surface area contributed by atoms with E-state index in [0.29, 0.717) is 29.8 Å². The Morgan fingerprint density at radius 2 is 1.28 bits per heavy atom. The van der Waals surface area contributed by atoms with Gasteiger partial charge in [-0.25, -0.2) is 0 Å². The number of unbranched alkanes of at least 4 members (excludes halogenated alkanes) is 14. The first-order valence-electron chi connectivity index (χ1n) is 13.8. The summed E-state index contributed by atoms with van der Waals surface area (Å²) in [6.45, 7) is 2.28. The number of hydrogen-bond acceptors (Lipinski definition) is 3. The van der Waals surface area contributed by atoms with Crippen molar-refractivity contribution >= 4 is 5.97 Å². The van der Waals surface area contributed by atoms with Gasteiger partial charge in [-0.1, -0.05) is 96.8 Å². The van der Waals surface area contributed by atoms with E-state index >= 15 is 0 Å². The van der Waals surface area contributed by atoms with Crippen molar-refractivity contribution in [3.63, 3.8) is 0 Å². The maximum atomic E-state index is 12.4. The molecule has 3 heteroatoms. The van der Waals surface area contributed by atoms with Gasteiger partial charge in [0.1, 0.15) is 11.5 Å². The van der Waals surface area contributed by atoms with E-state index in [-0.39, 0.29) is 5.97 Å². The average Bonchev–Trinajstić information content (AvgIpc) is 3.41. The molecule has 3 nitrogen and oxygen atoms in total. The van der Waals surface area contributed by atoms with Gasteiger partial charge in [0.05, 0.1) is 0 Å². The van der Waals surface area contributed by atoms with E-state index < -0.39 is 0 Å². The Kier molecular flexibility index (Phi) is 10.9. The minimum atomic E-state index is -0.115. The second-order valence-corrected chi connectivity index (χ2v) is 10.3. The van der Waals surface area contributed by atoms with Gasteiger partial charge in [-0.15, -0.1) is 0 Å². The van der Waals surface area contributed by atoms with Crippen LogP contribution in [0.4, 0.5) is 0 Å². The minimum absolute atomic E-state index is 0.115. The number of phenols is 1. The third-order valence-corrected chi connectivity index (χ3v) is 7.68. The summed E-state index contributed by atoms with van der Waals surface area (Å²) in [5.74, 6) is 1.90. The van der Waals surface area contributed by atoms with Gasteiger partial charge < -0.3 is 9.84 Å². The number of carbonyl (C=O) groups is 1. The van der Waals surface area contributed by atoms with Crippen LogP contribution < -0.4 is 4.74 Å². The highest BCUT2D eigenvalue weighted by atomic mass is 16.5. The van der Waals surface area contributed by atoms with Crippen molar-refractivity contribution in [2.75, 3.05) is 0 Å². The maximum Gasteiger partial charge on any atom is 0.311 e. The van der Waals surface area contributed by atoms with Crippen molar-refractivity contribution in [3.05, 3.63) is 23.3 Å². The van der Waals surface area contributed by atoms with Crippen LogP contribution in [0.2, 0.25) is 0 Å². The van der Waals surface area contributed by atoms with Crippen LogP contribution in [0.25, 0.3) is 0 Å². The molecule has 0 aliphatic heterocycles. The number of esters is 1. The lowest BCUT2D eigenvalue weighted by atomic mass is 9.90. The highest BCUT2D eigenvalue weighted by Gasteiger charge is 2.41. The fourth-order valence-corrected chi connectivity index (χ4v) is 5.86. The largest absolute Gasteiger partial charge is 0.508 e. The van der Waals surface area contributed by atoms with E-state index in [9.17, 15) is 9.90 Å². The van der Waals surface area contributed by atoms with Gasteiger partial charge >= 0.3 is 5.97 Å². The molecule has 2 atom stereocenters. The summed E-state index contributed by atoms with van der Waals surface area (Å²) in [6.07, 6.45) is 23.8. The standard InChI is InChI=1S/C29H46O3/c1-2-3-4-5-6-7-8-9-10-11-12-13-14-15-16-17-27(31)32-26-21-20-25(30)28-23-18-19-24(22-23)29(26)28/h20-21,23-24,30H,2-19,22H2,1H3. The Balaban J connectivity index is 1.17. The summed E-state index contributed by atoms with van der Waals surface area (Å²) in [5, 5.41) is 10.2. The molecule has 2 aliphatic carbocycles. The van der Waals surface area contributed by atoms with E-state index in [1.54, 1.807) is 12.1 Å². The van der Waals surface area contributed by atoms with Crippen LogP contribution in [-0.2, 0) is 4.79 Å². The molecule has 1 aromatic carbocycles. The van der Waals surface area contributed by atoms with Crippen LogP contribution >= 0.6 is 0 Å². The molecule has 32 heavy (non-hydrogen) atoms. The van der Waals surface area contributed by atoms with Gasteiger partial charge in [0.2, 0.25) is 0 Å². The number of aromatic hydroxyl groups is 1. The summed E-state index contributed by atoms with van der Waals surface area (Å²) >= 11 is 0. The number of rotatable bonds is 17. The van der Waals surface area contributed by atoms with Crippen molar-refractivity contribution in [3.8, 4) is 11.5 Å². The fourth-order valence-electron chi connectivity index (χ4n) is 5.86. The normalized spacial score (nSPS) is 18.8. The lowest BCUT2D eigenvalue weighted by molar-refractivity contribution is -0.134. The van der Waals surface area contributed by atoms with Crippen molar-refractivity contribution in [1.82, 2.24) is 0 Å². The smallest absolute Gasteiger partial charge is 0.311 e. The molecule has 2 unspecified atom stereocenters. The Labute approximate surface area is 196 Å². The van der Waals surface area contributed by atoms with E-state index in [4.69, 9.17) is 4.74 Å². The van der Waals surface area contributed by atoms with Crippen LogP contribution in [0.1, 0.15) is 152 Å². The summed E-state index contributed by atoms with van der Waals surface area (Å²) in [6, 6.07) is 3.50. The van der Waals surface area contributed by atoms with Crippen molar-refractivity contribution in [2.45, 2.75) is 141 Å². The Morgan fingerprint density at radius 3 is 1.84 bits per heavy atom. The van der Waals surface area contributed by atoms with Crippen LogP contribution in [0, 0.1) is 0 Å². The molecular weight excluding hydrogens is 396 g/mol. The van der Waals surface area contributed by atoms with Gasteiger partial charge in [-0.05, 0) is 49.7 Å². The third kappa shape index (κ3) is 7.52. The van der Waals surface area contributed by atoms with Gasteiger partial charge in [-0.2, -0.15) is 0 Å². The predicted octanol–water partition coefficient (Wildman–Crippen LogP) is 8.92. The van der Waals surface area contributed by atoms with Crippen LogP contribution in [0.5, 0.6) is 11.5 Å². The first-order chi connectivity index (χ1) is 15.7. The quantitative estimate of drug-likeness (QED) is 0.149. The summed E-state index contributed by atoms with van der Waals surface area (Å²) in [5.41, 5.74) is 2.17. The van der Waals surface area contributed by atoms with Gasteiger partial charge in [0, 0.05) is 17.5 Å². The average molecular weight is 443 g/mol. The maximum absolute atomic E-state index is 12.4. The zero-order valence-corrected chi connectivity index (χ0v) is 20.5. The highest BCUT2D eigenvalue weighted by Crippen LogP contribution is 2.58. The van der Waals surface area contributed by atoms with Crippen molar-refractivity contribution < 1.29 is 14.6 Å². The summed E-state index contributed by atoms with van der Waals surface area (Å²) in [4.78, 5) is 12.4. The topological polar surface area (TPSA) is 46.5 Å². The molecule has 0 saturated heterocycles. The molecule has 1 N–H and O–H groups in total. The lowest BCUT2D eigenvalue weighted by Gasteiger charge is -2.19. The molecule has 2 aliphatic rings. The number of benzene rings is 1. The van der Waals surface area contributed by atoms with Crippen molar-refractivity contribution in [1.29, 1.82) is 0 Å². The van der Waals surface area contributed by atoms with Gasteiger partial charge in [-0.3, -0.25) is 4.79 Å². The van der Waals surface area contributed by atoms with Crippen LogP contribution in [-0.4, -0.2) is 11.1 Å². The SMILES string of the molecule is CCCCCCCCCCCCCCCCCC(=O)Oc1ccc(O)c2c1C1CCC2C1.